The van der Waals surface area contributed by atoms with Gasteiger partial charge in [-0.1, -0.05) is 50.8 Å². The highest BCUT2D eigenvalue weighted by Gasteiger charge is 2.21. The van der Waals surface area contributed by atoms with E-state index in [0.717, 1.165) is 36.6 Å². The second-order valence-corrected chi connectivity index (χ2v) is 7.20. The normalized spacial score (nSPS) is 12.2. The lowest BCUT2D eigenvalue weighted by atomic mass is 9.98. The smallest absolute Gasteiger partial charge is 0.340 e. The van der Waals surface area contributed by atoms with E-state index in [2.05, 4.69) is 6.92 Å². The Kier molecular flexibility index (Phi) is 6.22. The van der Waals surface area contributed by atoms with E-state index in [1.807, 2.05) is 18.2 Å². The number of aromatic carboxylic acids is 1. The van der Waals surface area contributed by atoms with Crippen molar-refractivity contribution in [2.45, 2.75) is 45.1 Å². The Hall–Kier alpha value is -3.28. The van der Waals surface area contributed by atoms with E-state index in [0.29, 0.717) is 17.5 Å². The summed E-state index contributed by atoms with van der Waals surface area (Å²) in [6, 6.07) is 11.2. The molecule has 0 aliphatic carbocycles. The van der Waals surface area contributed by atoms with Crippen molar-refractivity contribution in [2.24, 2.45) is 0 Å². The Morgan fingerprint density at radius 3 is 2.52 bits per heavy atom. The summed E-state index contributed by atoms with van der Waals surface area (Å²) in [5.74, 6) is -2.34. The van der Waals surface area contributed by atoms with Crippen molar-refractivity contribution < 1.29 is 24.9 Å². The van der Waals surface area contributed by atoms with Gasteiger partial charge in [-0.25, -0.2) is 9.59 Å². The maximum Gasteiger partial charge on any atom is 0.340 e. The molecule has 3 N–H and O–H groups in total. The van der Waals surface area contributed by atoms with E-state index in [1.165, 1.54) is 6.07 Å². The molecule has 3 aromatic rings. The molecule has 6 heteroatoms. The SMILES string of the molecule is CCCCCCC(C(=O)O)n1ccc2cc(-c3cccc(O)c3C(=O)O)ccc21. The number of hydrogen-bond acceptors (Lipinski definition) is 3. The molecule has 0 saturated carbocycles. The van der Waals surface area contributed by atoms with Crippen molar-refractivity contribution in [1.29, 1.82) is 0 Å². The number of phenols is 1. The van der Waals surface area contributed by atoms with E-state index in [4.69, 9.17) is 0 Å². The van der Waals surface area contributed by atoms with Gasteiger partial charge in [-0.3, -0.25) is 0 Å². The van der Waals surface area contributed by atoms with Gasteiger partial charge >= 0.3 is 11.9 Å². The molecule has 1 unspecified atom stereocenters. The summed E-state index contributed by atoms with van der Waals surface area (Å²) in [4.78, 5) is 23.4. The standard InChI is InChI=1S/C23H25NO5/c1-2-3-4-5-8-19(22(26)27)24-13-12-16-14-15(10-11-18(16)24)17-7-6-9-20(25)21(17)23(28)29/h6-7,9-14,19,25H,2-5,8H2,1H3,(H,26,27)(H,28,29). The lowest BCUT2D eigenvalue weighted by molar-refractivity contribution is -0.141. The fraction of sp³-hybridized carbons (Fsp3) is 0.304. The summed E-state index contributed by atoms with van der Waals surface area (Å²) in [5.41, 5.74) is 1.71. The van der Waals surface area contributed by atoms with E-state index in [9.17, 15) is 24.9 Å². The summed E-state index contributed by atoms with van der Waals surface area (Å²) in [7, 11) is 0. The summed E-state index contributed by atoms with van der Waals surface area (Å²) in [6.07, 6.45) is 6.40. The first kappa shape index (κ1) is 20.5. The van der Waals surface area contributed by atoms with Gasteiger partial charge in [0.25, 0.3) is 0 Å². The van der Waals surface area contributed by atoms with Crippen molar-refractivity contribution in [3.8, 4) is 16.9 Å². The van der Waals surface area contributed by atoms with Crippen LogP contribution in [0.15, 0.2) is 48.7 Å². The number of rotatable bonds is 9. The molecule has 29 heavy (non-hydrogen) atoms. The van der Waals surface area contributed by atoms with Crippen molar-refractivity contribution in [3.05, 3.63) is 54.2 Å². The van der Waals surface area contributed by atoms with Crippen LogP contribution in [0.3, 0.4) is 0 Å². The number of hydrogen-bond donors (Lipinski definition) is 3. The molecule has 6 nitrogen and oxygen atoms in total. The number of carboxylic acids is 2. The summed E-state index contributed by atoms with van der Waals surface area (Å²) < 4.78 is 1.77. The molecule has 0 saturated heterocycles. The monoisotopic (exact) mass is 395 g/mol. The molecular formula is C23H25NO5. The quantitative estimate of drug-likeness (QED) is 0.427. The molecule has 3 rings (SSSR count). The largest absolute Gasteiger partial charge is 0.507 e. The van der Waals surface area contributed by atoms with Gasteiger partial charge < -0.3 is 19.9 Å². The molecule has 1 heterocycles. The van der Waals surface area contributed by atoms with Gasteiger partial charge in [-0.05, 0) is 41.8 Å². The van der Waals surface area contributed by atoms with Gasteiger partial charge in [0.15, 0.2) is 0 Å². The van der Waals surface area contributed by atoms with Crippen LogP contribution in [0.25, 0.3) is 22.0 Å². The zero-order chi connectivity index (χ0) is 21.0. The maximum atomic E-state index is 11.8. The molecule has 0 amide bonds. The summed E-state index contributed by atoms with van der Waals surface area (Å²) in [6.45, 7) is 2.12. The molecule has 152 valence electrons. The molecule has 0 spiro atoms. The lowest BCUT2D eigenvalue weighted by Gasteiger charge is -2.16. The van der Waals surface area contributed by atoms with Crippen LogP contribution in [0.4, 0.5) is 0 Å². The highest BCUT2D eigenvalue weighted by Crippen LogP contribution is 2.33. The second-order valence-electron chi connectivity index (χ2n) is 7.20. The molecule has 0 radical (unpaired) electrons. The third-order valence-corrected chi connectivity index (χ3v) is 5.24. The van der Waals surface area contributed by atoms with Crippen molar-refractivity contribution in [2.75, 3.05) is 0 Å². The van der Waals surface area contributed by atoms with Crippen LogP contribution in [0.5, 0.6) is 5.75 Å². The minimum Gasteiger partial charge on any atom is -0.507 e. The van der Waals surface area contributed by atoms with Crippen molar-refractivity contribution in [3.63, 3.8) is 0 Å². The van der Waals surface area contributed by atoms with Gasteiger partial charge in [-0.2, -0.15) is 0 Å². The Labute approximate surface area is 169 Å². The van der Waals surface area contributed by atoms with Gasteiger partial charge in [-0.15, -0.1) is 0 Å². The number of aliphatic carboxylic acids is 1. The Morgan fingerprint density at radius 1 is 1.03 bits per heavy atom. The Balaban J connectivity index is 1.97. The number of aromatic nitrogens is 1. The van der Waals surface area contributed by atoms with Crippen molar-refractivity contribution in [1.82, 2.24) is 4.57 Å². The minimum atomic E-state index is -1.20. The molecule has 1 atom stereocenters. The van der Waals surface area contributed by atoms with Crippen LogP contribution < -0.4 is 0 Å². The first-order valence-electron chi connectivity index (χ1n) is 9.83. The van der Waals surface area contributed by atoms with E-state index >= 15 is 0 Å². The minimum absolute atomic E-state index is 0.148. The van der Waals surface area contributed by atoms with Crippen molar-refractivity contribution >= 4 is 22.8 Å². The topological polar surface area (TPSA) is 99.8 Å². The molecule has 1 aromatic heterocycles. The number of fused-ring (bicyclic) bond motifs is 1. The van der Waals surface area contributed by atoms with Crippen LogP contribution in [0.1, 0.15) is 55.4 Å². The number of carboxylic acid groups (broad SMARTS) is 2. The van der Waals surface area contributed by atoms with Crippen LogP contribution in [-0.2, 0) is 4.79 Å². The Morgan fingerprint density at radius 2 is 1.83 bits per heavy atom. The zero-order valence-corrected chi connectivity index (χ0v) is 16.3. The van der Waals surface area contributed by atoms with E-state index in [-0.39, 0.29) is 11.3 Å². The van der Waals surface area contributed by atoms with Crippen LogP contribution >= 0.6 is 0 Å². The number of nitrogens with zero attached hydrogens (tertiary/aromatic N) is 1. The summed E-state index contributed by atoms with van der Waals surface area (Å²) >= 11 is 0. The second kappa shape index (κ2) is 8.82. The fourth-order valence-electron chi connectivity index (χ4n) is 3.75. The third kappa shape index (κ3) is 4.26. The molecule has 0 fully saturated rings. The first-order chi connectivity index (χ1) is 13.9. The molecule has 0 bridgehead atoms. The maximum absolute atomic E-state index is 11.8. The fourth-order valence-corrected chi connectivity index (χ4v) is 3.75. The van der Waals surface area contributed by atoms with Gasteiger partial charge in [0.1, 0.15) is 17.4 Å². The Bertz CT molecular complexity index is 1040. The van der Waals surface area contributed by atoms with Gasteiger partial charge in [0, 0.05) is 17.1 Å². The van der Waals surface area contributed by atoms with E-state index in [1.54, 1.807) is 29.0 Å². The number of carbonyl (C=O) groups is 2. The molecular weight excluding hydrogens is 370 g/mol. The third-order valence-electron chi connectivity index (χ3n) is 5.24. The zero-order valence-electron chi connectivity index (χ0n) is 16.3. The van der Waals surface area contributed by atoms with Crippen LogP contribution in [0.2, 0.25) is 0 Å². The average Bonchev–Trinajstić information content (AvgIpc) is 3.10. The summed E-state index contributed by atoms with van der Waals surface area (Å²) in [5, 5.41) is 29.9. The molecule has 0 aliphatic heterocycles. The predicted octanol–water partition coefficient (Wildman–Crippen LogP) is 5.31. The number of benzene rings is 2. The number of unbranched alkanes of at least 4 members (excludes halogenated alkanes) is 3. The molecule has 2 aromatic carbocycles. The van der Waals surface area contributed by atoms with Crippen LogP contribution in [0, 0.1) is 0 Å². The van der Waals surface area contributed by atoms with Gasteiger partial charge in [0.05, 0.1) is 0 Å². The highest BCUT2D eigenvalue weighted by atomic mass is 16.4. The van der Waals surface area contributed by atoms with Crippen LogP contribution in [-0.4, -0.2) is 31.8 Å². The van der Waals surface area contributed by atoms with Gasteiger partial charge in [0.2, 0.25) is 0 Å². The number of aromatic hydroxyl groups is 1. The average molecular weight is 395 g/mol. The molecule has 0 aliphatic rings. The first-order valence-corrected chi connectivity index (χ1v) is 9.83. The lowest BCUT2D eigenvalue weighted by Crippen LogP contribution is -2.18. The predicted molar refractivity (Wildman–Crippen MR) is 111 cm³/mol. The highest BCUT2D eigenvalue weighted by molar-refractivity contribution is 6.00. The van der Waals surface area contributed by atoms with E-state index < -0.39 is 18.0 Å².